The predicted octanol–water partition coefficient (Wildman–Crippen LogP) is 0.591. The second kappa shape index (κ2) is 5.49. The molecule has 6 nitrogen and oxygen atoms in total. The van der Waals surface area contributed by atoms with Gasteiger partial charge >= 0.3 is 0 Å². The molecule has 4 atom stereocenters. The zero-order chi connectivity index (χ0) is 16.9. The first-order chi connectivity index (χ1) is 10.8. The first-order valence-corrected chi connectivity index (χ1v) is 8.22. The maximum Gasteiger partial charge on any atom is 0.251 e. The number of carbonyl (C=O) groups is 3. The van der Waals surface area contributed by atoms with E-state index in [9.17, 15) is 19.5 Å². The number of nitrogens with two attached hydrogens (primary N) is 1. The monoisotopic (exact) mass is 333 g/mol. The van der Waals surface area contributed by atoms with Crippen LogP contribution in [0.3, 0.4) is 0 Å². The van der Waals surface area contributed by atoms with E-state index in [1.165, 1.54) is 11.3 Å². The lowest BCUT2D eigenvalue weighted by molar-refractivity contribution is -0.313. The molecule has 2 aliphatic carbocycles. The molecule has 1 fully saturated rings. The number of anilines is 1. The number of nitrogens with one attached hydrogen (secondary N) is 1. The predicted molar refractivity (Wildman–Crippen MR) is 83.7 cm³/mol. The quantitative estimate of drug-likeness (QED) is 0.785. The molecule has 1 aromatic rings. The number of aliphatic carboxylic acids is 1. The maximum absolute atomic E-state index is 12.6. The normalized spacial score (nSPS) is 28.1. The summed E-state index contributed by atoms with van der Waals surface area (Å²) in [6, 6.07) is 0. The first kappa shape index (κ1) is 15.7. The van der Waals surface area contributed by atoms with Gasteiger partial charge in [-0.15, -0.1) is 11.3 Å². The van der Waals surface area contributed by atoms with Crippen LogP contribution in [0.1, 0.15) is 27.2 Å². The van der Waals surface area contributed by atoms with Crippen molar-refractivity contribution in [2.45, 2.75) is 20.3 Å². The number of primary amides is 1. The third-order valence-corrected chi connectivity index (χ3v) is 6.03. The lowest BCUT2D eigenvalue weighted by atomic mass is 9.82. The second-order valence-electron chi connectivity index (χ2n) is 6.16. The van der Waals surface area contributed by atoms with Crippen molar-refractivity contribution in [2.24, 2.45) is 29.4 Å². The summed E-state index contributed by atoms with van der Waals surface area (Å²) in [5.41, 5.74) is 6.43. The van der Waals surface area contributed by atoms with E-state index < -0.39 is 23.7 Å². The number of amides is 2. The molecule has 0 aromatic carbocycles. The molecule has 0 saturated heterocycles. The minimum absolute atomic E-state index is 0.0953. The van der Waals surface area contributed by atoms with Gasteiger partial charge in [-0.3, -0.25) is 9.59 Å². The number of rotatable bonds is 4. The SMILES string of the molecule is Cc1sc(NC(=O)[C@@H]2[C@@H](C(=O)[O-])[C@@H]3C=C[C@@H]2C3)c(C(N)=O)c1C. The number of aryl methyl sites for hydroxylation is 1. The molecule has 23 heavy (non-hydrogen) atoms. The topological polar surface area (TPSA) is 112 Å². The van der Waals surface area contributed by atoms with Crippen LogP contribution in [0.25, 0.3) is 0 Å². The van der Waals surface area contributed by atoms with Crippen molar-refractivity contribution in [3.63, 3.8) is 0 Å². The van der Waals surface area contributed by atoms with E-state index in [4.69, 9.17) is 5.73 Å². The second-order valence-corrected chi connectivity index (χ2v) is 7.38. The van der Waals surface area contributed by atoms with E-state index in [1.807, 2.05) is 19.1 Å². The lowest BCUT2D eigenvalue weighted by Crippen LogP contribution is -2.43. The highest BCUT2D eigenvalue weighted by atomic mass is 32.1. The first-order valence-electron chi connectivity index (χ1n) is 7.41. The Morgan fingerprint density at radius 2 is 1.83 bits per heavy atom. The van der Waals surface area contributed by atoms with Gasteiger partial charge < -0.3 is 21.0 Å². The minimum atomic E-state index is -1.20. The molecule has 7 heteroatoms. The third-order valence-electron chi connectivity index (χ3n) is 4.90. The summed E-state index contributed by atoms with van der Waals surface area (Å²) in [6.07, 6.45) is 4.40. The molecule has 0 spiro atoms. The fourth-order valence-corrected chi connectivity index (χ4v) is 4.78. The lowest BCUT2D eigenvalue weighted by Gasteiger charge is -2.27. The van der Waals surface area contributed by atoms with Crippen LogP contribution in [-0.4, -0.2) is 17.8 Å². The molecule has 3 rings (SSSR count). The molecule has 3 N–H and O–H groups in total. The molecule has 2 bridgehead atoms. The summed E-state index contributed by atoms with van der Waals surface area (Å²) in [7, 11) is 0. The summed E-state index contributed by atoms with van der Waals surface area (Å²) in [5.74, 6) is -3.92. The van der Waals surface area contributed by atoms with Gasteiger partial charge in [0.25, 0.3) is 5.91 Å². The molecule has 2 aliphatic rings. The van der Waals surface area contributed by atoms with Crippen molar-refractivity contribution in [3.8, 4) is 0 Å². The summed E-state index contributed by atoms with van der Waals surface area (Å²) in [5, 5.41) is 14.5. The average Bonchev–Trinajstić information content (AvgIpc) is 3.12. The Labute approximate surface area is 137 Å². The van der Waals surface area contributed by atoms with Crippen LogP contribution >= 0.6 is 11.3 Å². The number of carbonyl (C=O) groups excluding carboxylic acids is 3. The molecule has 0 aliphatic heterocycles. The van der Waals surface area contributed by atoms with Crippen LogP contribution in [0.4, 0.5) is 5.00 Å². The zero-order valence-corrected chi connectivity index (χ0v) is 13.6. The van der Waals surface area contributed by atoms with Crippen LogP contribution in [0.15, 0.2) is 12.2 Å². The molecule has 1 aromatic heterocycles. The summed E-state index contributed by atoms with van der Waals surface area (Å²) in [4.78, 5) is 36.5. The van der Waals surface area contributed by atoms with Crippen LogP contribution in [-0.2, 0) is 9.59 Å². The van der Waals surface area contributed by atoms with Gasteiger partial charge in [-0.05, 0) is 37.7 Å². The summed E-state index contributed by atoms with van der Waals surface area (Å²) in [6.45, 7) is 3.61. The van der Waals surface area contributed by atoms with Crippen molar-refractivity contribution in [3.05, 3.63) is 28.2 Å². The smallest absolute Gasteiger partial charge is 0.251 e. The van der Waals surface area contributed by atoms with Crippen molar-refractivity contribution in [1.82, 2.24) is 0 Å². The largest absolute Gasteiger partial charge is 0.550 e. The Morgan fingerprint density at radius 3 is 2.39 bits per heavy atom. The van der Waals surface area contributed by atoms with Gasteiger partial charge in [0.05, 0.1) is 11.5 Å². The minimum Gasteiger partial charge on any atom is -0.550 e. The molecule has 2 amide bonds. The van der Waals surface area contributed by atoms with Crippen LogP contribution in [0, 0.1) is 37.5 Å². The number of allylic oxidation sites excluding steroid dienone is 2. The highest BCUT2D eigenvalue weighted by molar-refractivity contribution is 7.16. The number of carboxylic acid groups (broad SMARTS) is 1. The van der Waals surface area contributed by atoms with E-state index in [1.54, 1.807) is 6.92 Å². The van der Waals surface area contributed by atoms with E-state index in [0.717, 1.165) is 10.4 Å². The Morgan fingerprint density at radius 1 is 1.22 bits per heavy atom. The number of carboxylic acids is 1. The van der Waals surface area contributed by atoms with Gasteiger partial charge in [-0.25, -0.2) is 0 Å². The molecule has 1 heterocycles. The Hall–Kier alpha value is -2.15. The average molecular weight is 333 g/mol. The molecule has 1 saturated carbocycles. The molecule has 122 valence electrons. The Balaban J connectivity index is 1.88. The number of thiophene rings is 1. The van der Waals surface area contributed by atoms with Crippen molar-refractivity contribution >= 4 is 34.1 Å². The van der Waals surface area contributed by atoms with Crippen LogP contribution in [0.2, 0.25) is 0 Å². The number of fused-ring (bicyclic) bond motifs is 2. The van der Waals surface area contributed by atoms with Gasteiger partial charge in [0.1, 0.15) is 5.00 Å². The highest BCUT2D eigenvalue weighted by Crippen LogP contribution is 2.48. The van der Waals surface area contributed by atoms with Crippen LogP contribution < -0.4 is 16.2 Å². The van der Waals surface area contributed by atoms with Gasteiger partial charge in [-0.2, -0.15) is 0 Å². The fourth-order valence-electron chi connectivity index (χ4n) is 3.71. The molecule has 0 unspecified atom stereocenters. The van der Waals surface area contributed by atoms with E-state index in [2.05, 4.69) is 5.32 Å². The van der Waals surface area contributed by atoms with Crippen molar-refractivity contribution in [2.75, 3.05) is 5.32 Å². The van der Waals surface area contributed by atoms with E-state index in [-0.39, 0.29) is 17.7 Å². The standard InChI is InChI=1S/C16H18N2O4S/c1-6-7(2)23-15(10(6)13(17)19)18-14(20)11-8-3-4-9(5-8)12(11)16(21)22/h3-4,8-9,11-12H,5H2,1-2H3,(H2,17,19)(H,18,20)(H,21,22)/p-1/t8-,9-,11+,12+/m1/s1. The zero-order valence-electron chi connectivity index (χ0n) is 12.8. The summed E-state index contributed by atoms with van der Waals surface area (Å²) < 4.78 is 0. The van der Waals surface area contributed by atoms with E-state index in [0.29, 0.717) is 17.0 Å². The van der Waals surface area contributed by atoms with Gasteiger partial charge in [0, 0.05) is 16.8 Å². The number of hydrogen-bond donors (Lipinski definition) is 2. The van der Waals surface area contributed by atoms with Crippen molar-refractivity contribution in [1.29, 1.82) is 0 Å². The fraction of sp³-hybridized carbons (Fsp3) is 0.438. The Bertz CT molecular complexity index is 737. The van der Waals surface area contributed by atoms with E-state index >= 15 is 0 Å². The van der Waals surface area contributed by atoms with Crippen molar-refractivity contribution < 1.29 is 19.5 Å². The molecular formula is C16H17N2O4S-. The molecular weight excluding hydrogens is 316 g/mol. The third kappa shape index (κ3) is 2.45. The maximum atomic E-state index is 12.6. The van der Waals surface area contributed by atoms with Crippen LogP contribution in [0.5, 0.6) is 0 Å². The Kier molecular flexibility index (Phi) is 3.75. The highest BCUT2D eigenvalue weighted by Gasteiger charge is 2.48. The van der Waals surface area contributed by atoms with Gasteiger partial charge in [-0.1, -0.05) is 12.2 Å². The summed E-state index contributed by atoms with van der Waals surface area (Å²) >= 11 is 1.27. The van der Waals surface area contributed by atoms with Gasteiger partial charge in [0.15, 0.2) is 0 Å². The van der Waals surface area contributed by atoms with Gasteiger partial charge in [0.2, 0.25) is 5.91 Å². The number of hydrogen-bond acceptors (Lipinski definition) is 5. The molecule has 0 radical (unpaired) electrons.